The molecule has 6 rings (SSSR count). The Hall–Kier alpha value is -4.48. The van der Waals surface area contributed by atoms with E-state index in [9.17, 15) is 13.6 Å². The van der Waals surface area contributed by atoms with E-state index >= 15 is 0 Å². The Morgan fingerprint density at radius 1 is 1.15 bits per heavy atom. The summed E-state index contributed by atoms with van der Waals surface area (Å²) in [6.07, 6.45) is 3.44. The minimum absolute atomic E-state index is 0.0162. The van der Waals surface area contributed by atoms with E-state index in [-0.39, 0.29) is 35.0 Å². The normalized spacial score (nSPS) is 15.7. The van der Waals surface area contributed by atoms with Crippen LogP contribution >= 0.6 is 0 Å². The van der Waals surface area contributed by atoms with Gasteiger partial charge in [-0.2, -0.15) is 0 Å². The molecule has 0 fully saturated rings. The fraction of sp³-hybridized carbons (Fsp3) is 0.182. The van der Waals surface area contributed by atoms with Crippen molar-refractivity contribution in [3.05, 3.63) is 77.8 Å². The highest BCUT2D eigenvalue weighted by molar-refractivity contribution is 5.91. The maximum absolute atomic E-state index is 14.2. The zero-order valence-corrected chi connectivity index (χ0v) is 17.4. The molecular weight excluding hydrogens is 448 g/mol. The first-order valence-electron chi connectivity index (χ1n) is 10.3. The predicted molar refractivity (Wildman–Crippen MR) is 112 cm³/mol. The molecule has 1 aromatic carbocycles. The molecule has 0 radical (unpaired) electrons. The summed E-state index contributed by atoms with van der Waals surface area (Å²) in [7, 11) is 0. The Morgan fingerprint density at radius 2 is 2.03 bits per heavy atom. The molecule has 0 spiro atoms. The number of aromatic amines is 1. The molecule has 34 heavy (non-hydrogen) atoms. The third-order valence-electron chi connectivity index (χ3n) is 5.71. The van der Waals surface area contributed by atoms with Crippen molar-refractivity contribution in [2.45, 2.75) is 18.9 Å². The number of furan rings is 1. The fourth-order valence-corrected chi connectivity index (χ4v) is 4.22. The van der Waals surface area contributed by atoms with Gasteiger partial charge in [0, 0.05) is 36.4 Å². The zero-order chi connectivity index (χ0) is 23.2. The molecule has 5 heterocycles. The molecule has 4 aromatic heterocycles. The summed E-state index contributed by atoms with van der Waals surface area (Å²) < 4.78 is 39.9. The molecule has 0 bridgehead atoms. The van der Waals surface area contributed by atoms with Crippen LogP contribution in [-0.4, -0.2) is 47.5 Å². The Morgan fingerprint density at radius 3 is 2.85 bits per heavy atom. The first-order valence-corrected chi connectivity index (χ1v) is 10.3. The number of hydrogen-bond acceptors (Lipinski definition) is 8. The van der Waals surface area contributed by atoms with Gasteiger partial charge in [-0.15, -0.1) is 10.2 Å². The summed E-state index contributed by atoms with van der Waals surface area (Å²) in [4.78, 5) is 30.2. The molecule has 170 valence electrons. The SMILES string of the molecule is O=C(c1nnc(-c2cnccn2)o1)N1CCc2[nH]cnc2[C@H]1c1oc2ccccc2c1C(F)F. The number of carbonyl (C=O) groups is 1. The minimum atomic E-state index is -2.83. The van der Waals surface area contributed by atoms with Crippen LogP contribution in [0.25, 0.3) is 22.6 Å². The van der Waals surface area contributed by atoms with Gasteiger partial charge in [0.05, 0.1) is 23.8 Å². The molecule has 12 heteroatoms. The highest BCUT2D eigenvalue weighted by atomic mass is 19.3. The van der Waals surface area contributed by atoms with Gasteiger partial charge in [0.25, 0.3) is 12.3 Å². The Balaban J connectivity index is 1.46. The van der Waals surface area contributed by atoms with Gasteiger partial charge in [-0.1, -0.05) is 18.2 Å². The highest BCUT2D eigenvalue weighted by Crippen LogP contribution is 2.43. The summed E-state index contributed by atoms with van der Waals surface area (Å²) in [5.41, 5.74) is 1.48. The summed E-state index contributed by atoms with van der Waals surface area (Å²) in [5, 5.41) is 8.02. The summed E-state index contributed by atoms with van der Waals surface area (Å²) >= 11 is 0. The maximum atomic E-state index is 14.2. The summed E-state index contributed by atoms with van der Waals surface area (Å²) in [6.45, 7) is 0.196. The number of carbonyl (C=O) groups excluding carboxylic acids is 1. The number of amides is 1. The number of imidazole rings is 1. The van der Waals surface area contributed by atoms with Crippen LogP contribution < -0.4 is 0 Å². The van der Waals surface area contributed by atoms with E-state index in [1.54, 1.807) is 24.3 Å². The quantitative estimate of drug-likeness (QED) is 0.427. The maximum Gasteiger partial charge on any atom is 0.312 e. The minimum Gasteiger partial charge on any atom is -0.458 e. The Bertz CT molecular complexity index is 1490. The van der Waals surface area contributed by atoms with Crippen molar-refractivity contribution < 1.29 is 22.4 Å². The van der Waals surface area contributed by atoms with Crippen molar-refractivity contribution in [2.24, 2.45) is 0 Å². The lowest BCUT2D eigenvalue weighted by Gasteiger charge is -2.33. The highest BCUT2D eigenvalue weighted by Gasteiger charge is 2.41. The number of rotatable bonds is 4. The summed E-state index contributed by atoms with van der Waals surface area (Å²) in [6, 6.07) is 5.52. The number of benzene rings is 1. The van der Waals surface area contributed by atoms with E-state index in [0.717, 1.165) is 5.69 Å². The zero-order valence-electron chi connectivity index (χ0n) is 17.4. The van der Waals surface area contributed by atoms with Crippen molar-refractivity contribution in [3.63, 3.8) is 0 Å². The number of hydrogen-bond donors (Lipinski definition) is 1. The van der Waals surface area contributed by atoms with Crippen LogP contribution in [0.1, 0.15) is 45.9 Å². The molecule has 10 nitrogen and oxygen atoms in total. The third kappa shape index (κ3) is 3.14. The van der Waals surface area contributed by atoms with Crippen LogP contribution in [0.2, 0.25) is 0 Å². The molecule has 5 aromatic rings. The van der Waals surface area contributed by atoms with Gasteiger partial charge in [-0.25, -0.2) is 18.7 Å². The molecule has 0 saturated carbocycles. The van der Waals surface area contributed by atoms with Crippen molar-refractivity contribution in [3.8, 4) is 11.6 Å². The number of fused-ring (bicyclic) bond motifs is 2. The summed E-state index contributed by atoms with van der Waals surface area (Å²) in [5.74, 6) is -0.977. The van der Waals surface area contributed by atoms with Crippen molar-refractivity contribution in [2.75, 3.05) is 6.54 Å². The number of para-hydroxylation sites is 1. The van der Waals surface area contributed by atoms with E-state index in [0.29, 0.717) is 23.4 Å². The topological polar surface area (TPSA) is 127 Å². The number of alkyl halides is 2. The van der Waals surface area contributed by atoms with E-state index in [2.05, 4.69) is 30.1 Å². The molecule has 0 unspecified atom stereocenters. The lowest BCUT2D eigenvalue weighted by atomic mass is 9.97. The van der Waals surface area contributed by atoms with Gasteiger partial charge in [-0.05, 0) is 6.07 Å². The standard InChI is InChI=1S/C22H15F2N7O3/c23-19(24)15-11-3-1-2-4-14(11)33-18(15)17-16-12(27-10-28-16)5-8-31(17)22(32)21-30-29-20(34-21)13-9-25-6-7-26-13/h1-4,6-7,9-10,17,19H,5,8H2,(H,27,28)/t17-/m0/s1. The lowest BCUT2D eigenvalue weighted by Crippen LogP contribution is -2.41. The van der Waals surface area contributed by atoms with E-state index < -0.39 is 18.4 Å². The van der Waals surface area contributed by atoms with Gasteiger partial charge in [0.1, 0.15) is 23.1 Å². The number of aromatic nitrogens is 6. The van der Waals surface area contributed by atoms with Crippen LogP contribution in [0, 0.1) is 0 Å². The number of nitrogens with one attached hydrogen (secondary N) is 1. The Kier molecular flexibility index (Phi) is 4.64. The van der Waals surface area contributed by atoms with Crippen LogP contribution in [0.5, 0.6) is 0 Å². The van der Waals surface area contributed by atoms with E-state index in [1.807, 2.05) is 0 Å². The monoisotopic (exact) mass is 463 g/mol. The van der Waals surface area contributed by atoms with E-state index in [4.69, 9.17) is 8.83 Å². The lowest BCUT2D eigenvalue weighted by molar-refractivity contribution is 0.0623. The first-order chi connectivity index (χ1) is 16.6. The third-order valence-corrected chi connectivity index (χ3v) is 5.71. The van der Waals surface area contributed by atoms with Crippen LogP contribution in [0.4, 0.5) is 8.78 Å². The van der Waals surface area contributed by atoms with E-state index in [1.165, 1.54) is 29.8 Å². The van der Waals surface area contributed by atoms with Crippen molar-refractivity contribution in [1.29, 1.82) is 0 Å². The van der Waals surface area contributed by atoms with Gasteiger partial charge in [0.2, 0.25) is 0 Å². The Labute approximate surface area is 189 Å². The van der Waals surface area contributed by atoms with Gasteiger partial charge in [0.15, 0.2) is 0 Å². The number of nitrogens with zero attached hydrogens (tertiary/aromatic N) is 6. The van der Waals surface area contributed by atoms with Gasteiger partial charge < -0.3 is 18.7 Å². The molecule has 0 aliphatic carbocycles. The van der Waals surface area contributed by atoms with Crippen LogP contribution in [0.3, 0.4) is 0 Å². The van der Waals surface area contributed by atoms with Crippen LogP contribution in [-0.2, 0) is 6.42 Å². The number of halogens is 2. The molecule has 0 saturated heterocycles. The molecule has 1 aliphatic heterocycles. The fourth-order valence-electron chi connectivity index (χ4n) is 4.22. The molecule has 1 N–H and O–H groups in total. The molecule has 1 amide bonds. The van der Waals surface area contributed by atoms with Gasteiger partial charge >= 0.3 is 11.8 Å². The van der Waals surface area contributed by atoms with Crippen molar-refractivity contribution >= 4 is 16.9 Å². The second kappa shape index (κ2) is 7.83. The second-order valence-corrected chi connectivity index (χ2v) is 7.60. The molecular formula is C22H15F2N7O3. The first kappa shape index (κ1) is 20.1. The molecule has 1 aliphatic rings. The van der Waals surface area contributed by atoms with Crippen molar-refractivity contribution in [1.82, 2.24) is 35.0 Å². The molecule has 1 atom stereocenters. The largest absolute Gasteiger partial charge is 0.458 e. The predicted octanol–water partition coefficient (Wildman–Crippen LogP) is 3.72. The average molecular weight is 463 g/mol. The smallest absolute Gasteiger partial charge is 0.312 e. The average Bonchev–Trinajstić information content (AvgIpc) is 3.61. The van der Waals surface area contributed by atoms with Crippen LogP contribution in [0.15, 0.2) is 58.0 Å². The second-order valence-electron chi connectivity index (χ2n) is 7.60. The number of H-pyrrole nitrogens is 1. The van der Waals surface area contributed by atoms with Gasteiger partial charge in [-0.3, -0.25) is 9.78 Å².